The number of rotatable bonds is 43. The molecule has 8 atom stereocenters. The Morgan fingerprint density at radius 3 is 1.61 bits per heavy atom. The number of aliphatic hydroxyl groups excluding tert-OH is 5. The summed E-state index contributed by atoms with van der Waals surface area (Å²) < 4.78 is 17.5. The normalized spacial score (nSPS) is 20.6. The van der Waals surface area contributed by atoms with Gasteiger partial charge in [-0.15, -0.1) is 0 Å². The van der Waals surface area contributed by atoms with Crippen LogP contribution in [0.3, 0.4) is 0 Å². The molecule has 11 heteroatoms. The van der Waals surface area contributed by atoms with Crippen molar-refractivity contribution in [2.45, 2.75) is 256 Å². The Morgan fingerprint density at radius 2 is 1.07 bits per heavy atom. The third kappa shape index (κ3) is 33.3. The Hall–Kier alpha value is -2.90. The van der Waals surface area contributed by atoms with Gasteiger partial charge in [0.2, 0.25) is 5.91 Å². The minimum atomic E-state index is -1.63. The topological polar surface area (TPSA) is 175 Å². The summed E-state index contributed by atoms with van der Waals surface area (Å²) >= 11 is 0. The number of carbonyl (C=O) groups is 2. The molecule has 0 aliphatic carbocycles. The van der Waals surface area contributed by atoms with Gasteiger partial charge >= 0.3 is 5.97 Å². The number of esters is 1. The molecule has 0 radical (unpaired) electrons. The summed E-state index contributed by atoms with van der Waals surface area (Å²) in [7, 11) is 0. The van der Waals surface area contributed by atoms with Crippen molar-refractivity contribution in [3.63, 3.8) is 0 Å². The van der Waals surface area contributed by atoms with Crippen LogP contribution in [0.25, 0.3) is 0 Å². The molecule has 11 nitrogen and oxygen atoms in total. The van der Waals surface area contributed by atoms with Crippen LogP contribution in [0, 0.1) is 0 Å². The smallest absolute Gasteiger partial charge is 0.306 e. The first-order chi connectivity index (χ1) is 32.7. The minimum Gasteiger partial charge on any atom is -0.454 e. The van der Waals surface area contributed by atoms with Crippen LogP contribution in [-0.2, 0) is 23.8 Å². The van der Waals surface area contributed by atoms with E-state index < -0.39 is 67.4 Å². The minimum absolute atomic E-state index is 0.0772. The average Bonchev–Trinajstić information content (AvgIpc) is 3.32. The second kappa shape index (κ2) is 44.3. The van der Waals surface area contributed by atoms with E-state index in [1.807, 2.05) is 12.2 Å². The number of aliphatic hydroxyl groups is 5. The first-order valence-corrected chi connectivity index (χ1v) is 26.7. The van der Waals surface area contributed by atoms with Crippen LogP contribution in [0.1, 0.15) is 207 Å². The predicted molar refractivity (Wildman–Crippen MR) is 273 cm³/mol. The van der Waals surface area contributed by atoms with Crippen LogP contribution in [0.15, 0.2) is 72.9 Å². The van der Waals surface area contributed by atoms with Crippen molar-refractivity contribution in [2.75, 3.05) is 13.2 Å². The van der Waals surface area contributed by atoms with Gasteiger partial charge in [-0.1, -0.05) is 196 Å². The number of carbonyl (C=O) groups excluding carboxylic acids is 2. The molecule has 1 fully saturated rings. The molecular weight excluding hydrogens is 847 g/mol. The Balaban J connectivity index is 2.83. The lowest BCUT2D eigenvalue weighted by atomic mass is 9.99. The maximum Gasteiger partial charge on any atom is 0.306 e. The number of unbranched alkanes of at least 4 members (excludes halogenated alkanes) is 20. The molecule has 1 amide bonds. The van der Waals surface area contributed by atoms with Gasteiger partial charge < -0.3 is 45.1 Å². The van der Waals surface area contributed by atoms with E-state index in [0.717, 1.165) is 77.0 Å². The zero-order valence-electron chi connectivity index (χ0n) is 42.2. The number of amides is 1. The van der Waals surface area contributed by atoms with Gasteiger partial charge in [0.15, 0.2) is 12.4 Å². The van der Waals surface area contributed by atoms with Crippen LogP contribution < -0.4 is 5.32 Å². The van der Waals surface area contributed by atoms with Crippen LogP contribution in [0.4, 0.5) is 0 Å². The lowest BCUT2D eigenvalue weighted by molar-refractivity contribution is -0.305. The first-order valence-electron chi connectivity index (χ1n) is 26.7. The Morgan fingerprint density at radius 1 is 0.597 bits per heavy atom. The summed E-state index contributed by atoms with van der Waals surface area (Å²) in [5.74, 6) is -1.30. The molecule has 1 aliphatic rings. The summed E-state index contributed by atoms with van der Waals surface area (Å²) in [5.41, 5.74) is 0. The summed E-state index contributed by atoms with van der Waals surface area (Å²) in [6, 6.07) is -1.06. The molecule has 8 unspecified atom stereocenters. The van der Waals surface area contributed by atoms with Crippen molar-refractivity contribution in [3.8, 4) is 0 Å². The highest BCUT2D eigenvalue weighted by atomic mass is 16.7. The van der Waals surface area contributed by atoms with Gasteiger partial charge in [0.1, 0.15) is 24.4 Å². The third-order valence-corrected chi connectivity index (χ3v) is 12.1. The second-order valence-electron chi connectivity index (χ2n) is 18.2. The van der Waals surface area contributed by atoms with Crippen LogP contribution in [0.2, 0.25) is 0 Å². The van der Waals surface area contributed by atoms with Gasteiger partial charge in [0.25, 0.3) is 0 Å². The van der Waals surface area contributed by atoms with Crippen molar-refractivity contribution in [2.24, 2.45) is 0 Å². The fourth-order valence-corrected chi connectivity index (χ4v) is 7.82. The molecule has 1 heterocycles. The summed E-state index contributed by atoms with van der Waals surface area (Å²) in [6.45, 7) is 5.57. The molecule has 0 bridgehead atoms. The van der Waals surface area contributed by atoms with E-state index in [-0.39, 0.29) is 19.4 Å². The monoisotopic (exact) mass is 944 g/mol. The van der Waals surface area contributed by atoms with Gasteiger partial charge in [-0.25, -0.2) is 0 Å². The zero-order valence-corrected chi connectivity index (χ0v) is 42.2. The molecule has 0 spiro atoms. The summed E-state index contributed by atoms with van der Waals surface area (Å²) in [4.78, 5) is 26.3. The number of hydrogen-bond acceptors (Lipinski definition) is 10. The van der Waals surface area contributed by atoms with Crippen LogP contribution >= 0.6 is 0 Å². The molecule has 0 saturated carbocycles. The van der Waals surface area contributed by atoms with E-state index in [0.29, 0.717) is 12.8 Å². The van der Waals surface area contributed by atoms with Crippen LogP contribution in [-0.4, -0.2) is 99.6 Å². The molecule has 386 valence electrons. The average molecular weight is 944 g/mol. The molecular formula is C56H97NO10. The van der Waals surface area contributed by atoms with E-state index in [1.54, 1.807) is 12.2 Å². The zero-order chi connectivity index (χ0) is 49.0. The fourth-order valence-electron chi connectivity index (χ4n) is 7.82. The molecule has 67 heavy (non-hydrogen) atoms. The lowest BCUT2D eigenvalue weighted by Crippen LogP contribution is -2.61. The highest BCUT2D eigenvalue weighted by Gasteiger charge is 2.47. The van der Waals surface area contributed by atoms with Crippen molar-refractivity contribution >= 4 is 11.9 Å². The maximum atomic E-state index is 13.3. The van der Waals surface area contributed by atoms with Crippen LogP contribution in [0.5, 0.6) is 0 Å². The molecule has 0 aromatic rings. The van der Waals surface area contributed by atoms with Crippen molar-refractivity contribution in [1.82, 2.24) is 5.32 Å². The Labute approximate surface area is 407 Å². The summed E-state index contributed by atoms with van der Waals surface area (Å²) in [5, 5.41) is 56.5. The second-order valence-corrected chi connectivity index (χ2v) is 18.2. The van der Waals surface area contributed by atoms with E-state index in [2.05, 4.69) is 74.7 Å². The van der Waals surface area contributed by atoms with Crippen molar-refractivity contribution in [3.05, 3.63) is 72.9 Å². The largest absolute Gasteiger partial charge is 0.454 e. The SMILES string of the molecule is CC/C=C/C/C=C/C/C=C/CCCCCCC(=O)OC1C(OCC(NC(=O)C(O)C/C=C/C/C=C\CCCCCCCC)C(O)/C=C/CCCCCCCCCCCC)OC(CO)C(O)C1O. The fraction of sp³-hybridized carbons (Fsp3) is 0.750. The quantitative estimate of drug-likeness (QED) is 0.0196. The number of nitrogens with one attached hydrogen (secondary N) is 1. The Kier molecular flexibility index (Phi) is 41.1. The molecule has 0 aromatic heterocycles. The molecule has 6 N–H and O–H groups in total. The first kappa shape index (κ1) is 62.1. The van der Waals surface area contributed by atoms with Gasteiger partial charge in [-0.2, -0.15) is 0 Å². The highest BCUT2D eigenvalue weighted by Crippen LogP contribution is 2.26. The van der Waals surface area contributed by atoms with E-state index in [9.17, 15) is 35.1 Å². The molecule has 1 saturated heterocycles. The molecule has 1 rings (SSSR count). The van der Waals surface area contributed by atoms with Gasteiger partial charge in [0, 0.05) is 12.8 Å². The Bertz CT molecular complexity index is 1360. The number of hydrogen-bond donors (Lipinski definition) is 6. The van der Waals surface area contributed by atoms with E-state index in [1.165, 1.54) is 83.5 Å². The maximum absolute atomic E-state index is 13.3. The van der Waals surface area contributed by atoms with E-state index in [4.69, 9.17) is 14.2 Å². The van der Waals surface area contributed by atoms with Gasteiger partial charge in [0.05, 0.1) is 25.4 Å². The van der Waals surface area contributed by atoms with Crippen molar-refractivity contribution in [1.29, 1.82) is 0 Å². The predicted octanol–water partition coefficient (Wildman–Crippen LogP) is 11.3. The number of ether oxygens (including phenoxy) is 3. The third-order valence-electron chi connectivity index (χ3n) is 12.1. The van der Waals surface area contributed by atoms with E-state index >= 15 is 0 Å². The van der Waals surface area contributed by atoms with Crippen molar-refractivity contribution < 1.29 is 49.3 Å². The standard InChI is InChI=1S/C56H97NO10/c1-4-7-10-13-16-19-22-25-26-29-32-35-38-41-44-51(61)67-54-53(63)52(62)50(45-58)66-56(54)65-46-47(48(59)42-39-36-33-30-27-23-20-17-14-11-8-5-2)57-55(64)49(60)43-40-37-34-31-28-24-21-18-15-12-9-6-3/h7,10,16,19,25-26,28,31,37,39-40,42,47-50,52-54,56,58-60,62-63H,4-6,8-9,11-15,17-18,20-24,27,29-30,32-36,38,41,43-46H2,1-3H3,(H,57,64)/b10-7+,19-16+,26-25+,31-28-,40-37+,42-39+. The molecule has 0 aromatic carbocycles. The molecule has 1 aliphatic heterocycles. The van der Waals surface area contributed by atoms with Gasteiger partial charge in [-0.05, 0) is 70.6 Å². The lowest BCUT2D eigenvalue weighted by Gasteiger charge is -2.41. The summed E-state index contributed by atoms with van der Waals surface area (Å²) in [6.07, 6.45) is 44.0. The number of allylic oxidation sites excluding steroid dienone is 10. The highest BCUT2D eigenvalue weighted by molar-refractivity contribution is 5.81. The van der Waals surface area contributed by atoms with Gasteiger partial charge in [-0.3, -0.25) is 9.59 Å².